The van der Waals surface area contributed by atoms with Crippen LogP contribution < -0.4 is 11.1 Å². The molecule has 5 heteroatoms. The lowest BCUT2D eigenvalue weighted by Gasteiger charge is -2.39. The lowest BCUT2D eigenvalue weighted by atomic mass is 9.68. The predicted octanol–water partition coefficient (Wildman–Crippen LogP) is 2.17. The first-order chi connectivity index (χ1) is 9.04. The predicted molar refractivity (Wildman–Crippen MR) is 77.7 cm³/mol. The summed E-state index contributed by atoms with van der Waals surface area (Å²) in [6.07, 6.45) is 5.89. The van der Waals surface area contributed by atoms with Gasteiger partial charge < -0.3 is 15.5 Å². The van der Waals surface area contributed by atoms with E-state index in [9.17, 15) is 4.79 Å². The second-order valence-electron chi connectivity index (χ2n) is 5.29. The van der Waals surface area contributed by atoms with Crippen LogP contribution in [0, 0.1) is 5.41 Å². The smallest absolute Gasteiger partial charge is 0.233 e. The molecule has 1 unspecified atom stereocenters. The highest BCUT2D eigenvalue weighted by molar-refractivity contribution is 7.80. The third-order valence-electron chi connectivity index (χ3n) is 3.89. The molecule has 1 saturated carbocycles. The Kier molecular flexibility index (Phi) is 4.24. The van der Waals surface area contributed by atoms with Gasteiger partial charge in [-0.3, -0.25) is 4.79 Å². The molecule has 1 aromatic heterocycles. The molecule has 1 atom stereocenters. The summed E-state index contributed by atoms with van der Waals surface area (Å²) in [5, 5.41) is 3.02. The number of carbonyl (C=O) groups excluding carboxylic acids is 1. The van der Waals surface area contributed by atoms with Crippen molar-refractivity contribution >= 4 is 23.1 Å². The van der Waals surface area contributed by atoms with Gasteiger partial charge in [0.2, 0.25) is 5.91 Å². The summed E-state index contributed by atoms with van der Waals surface area (Å²) in [7, 11) is 0. The van der Waals surface area contributed by atoms with E-state index >= 15 is 0 Å². The summed E-state index contributed by atoms with van der Waals surface area (Å²) in [6, 6.07) is 3.90. The molecule has 0 aromatic carbocycles. The molecule has 1 aliphatic carbocycles. The quantitative estimate of drug-likeness (QED) is 0.784. The van der Waals surface area contributed by atoms with E-state index in [1.165, 1.54) is 0 Å². The average molecular weight is 280 g/mol. The minimum absolute atomic E-state index is 0.0156. The lowest BCUT2D eigenvalue weighted by Crippen LogP contribution is -2.54. The van der Waals surface area contributed by atoms with Crippen molar-refractivity contribution < 1.29 is 9.21 Å². The molecule has 1 amide bonds. The molecule has 1 heterocycles. The summed E-state index contributed by atoms with van der Waals surface area (Å²) < 4.78 is 5.27. The summed E-state index contributed by atoms with van der Waals surface area (Å²) in [4.78, 5) is 12.6. The first-order valence-electron chi connectivity index (χ1n) is 6.68. The van der Waals surface area contributed by atoms with Gasteiger partial charge in [0.05, 0.1) is 16.7 Å². The molecular formula is C14H20N2O2S. The van der Waals surface area contributed by atoms with Crippen LogP contribution in [0.15, 0.2) is 22.8 Å². The summed E-state index contributed by atoms with van der Waals surface area (Å²) in [6.45, 7) is 1.99. The van der Waals surface area contributed by atoms with Crippen LogP contribution in [-0.4, -0.2) is 16.9 Å². The third kappa shape index (κ3) is 2.97. The molecule has 19 heavy (non-hydrogen) atoms. The van der Waals surface area contributed by atoms with E-state index < -0.39 is 5.41 Å². The van der Waals surface area contributed by atoms with Crippen LogP contribution in [0.2, 0.25) is 0 Å². The van der Waals surface area contributed by atoms with Gasteiger partial charge in [-0.15, -0.1) is 0 Å². The Bertz CT molecular complexity index is 452. The van der Waals surface area contributed by atoms with Crippen LogP contribution in [0.4, 0.5) is 0 Å². The summed E-state index contributed by atoms with van der Waals surface area (Å²) in [5.41, 5.74) is 5.13. The molecule has 0 spiro atoms. The molecule has 0 aliphatic heterocycles. The molecule has 0 radical (unpaired) electrons. The van der Waals surface area contributed by atoms with E-state index in [1.54, 1.807) is 6.26 Å². The van der Waals surface area contributed by atoms with Crippen LogP contribution >= 0.6 is 12.2 Å². The maximum Gasteiger partial charge on any atom is 0.233 e. The molecule has 104 valence electrons. The Hall–Kier alpha value is -1.36. The van der Waals surface area contributed by atoms with Gasteiger partial charge in [-0.2, -0.15) is 0 Å². The minimum Gasteiger partial charge on any atom is -0.469 e. The Morgan fingerprint density at radius 3 is 2.84 bits per heavy atom. The molecule has 1 aromatic rings. The maximum atomic E-state index is 12.3. The molecule has 1 aliphatic rings. The van der Waals surface area contributed by atoms with Crippen molar-refractivity contribution in [1.82, 2.24) is 5.32 Å². The minimum atomic E-state index is -0.589. The molecule has 2 rings (SSSR count). The van der Waals surface area contributed by atoms with E-state index in [0.29, 0.717) is 4.99 Å². The SMILES string of the molecule is CC(CCc1ccco1)NC(=O)C1(C(N)=S)CCC1. The highest BCUT2D eigenvalue weighted by atomic mass is 32.1. The van der Waals surface area contributed by atoms with Crippen molar-refractivity contribution in [3.05, 3.63) is 24.2 Å². The zero-order valence-corrected chi connectivity index (χ0v) is 12.0. The Labute approximate surface area is 118 Å². The van der Waals surface area contributed by atoms with Gasteiger partial charge in [-0.05, 0) is 38.3 Å². The van der Waals surface area contributed by atoms with Crippen LogP contribution in [0.25, 0.3) is 0 Å². The van der Waals surface area contributed by atoms with Crippen LogP contribution in [0.5, 0.6) is 0 Å². The standard InChI is InChI=1S/C14H20N2O2S/c1-10(5-6-11-4-2-9-18-11)16-13(17)14(12(15)19)7-3-8-14/h2,4,9-10H,3,5-8H2,1H3,(H2,15,19)(H,16,17). The van der Waals surface area contributed by atoms with Gasteiger partial charge in [0.25, 0.3) is 0 Å². The lowest BCUT2D eigenvalue weighted by molar-refractivity contribution is -0.131. The van der Waals surface area contributed by atoms with Gasteiger partial charge in [-0.25, -0.2) is 0 Å². The second kappa shape index (κ2) is 5.74. The molecular weight excluding hydrogens is 260 g/mol. The fourth-order valence-electron chi connectivity index (χ4n) is 2.36. The second-order valence-corrected chi connectivity index (χ2v) is 5.73. The number of hydrogen-bond donors (Lipinski definition) is 2. The molecule has 1 fully saturated rings. The Morgan fingerprint density at radius 2 is 2.37 bits per heavy atom. The number of hydrogen-bond acceptors (Lipinski definition) is 3. The van der Waals surface area contributed by atoms with Gasteiger partial charge in [-0.1, -0.05) is 18.6 Å². The summed E-state index contributed by atoms with van der Waals surface area (Å²) >= 11 is 5.04. The maximum absolute atomic E-state index is 12.3. The number of nitrogens with one attached hydrogen (secondary N) is 1. The van der Waals surface area contributed by atoms with Crippen molar-refractivity contribution in [1.29, 1.82) is 0 Å². The monoisotopic (exact) mass is 280 g/mol. The number of furan rings is 1. The first kappa shape index (κ1) is 14.1. The van der Waals surface area contributed by atoms with Gasteiger partial charge in [0.15, 0.2) is 0 Å². The van der Waals surface area contributed by atoms with Gasteiger partial charge in [0, 0.05) is 12.5 Å². The van der Waals surface area contributed by atoms with Crippen LogP contribution in [0.3, 0.4) is 0 Å². The van der Waals surface area contributed by atoms with Gasteiger partial charge >= 0.3 is 0 Å². The van der Waals surface area contributed by atoms with Crippen molar-refractivity contribution in [2.24, 2.45) is 11.1 Å². The zero-order chi connectivity index (χ0) is 13.9. The van der Waals surface area contributed by atoms with E-state index in [4.69, 9.17) is 22.4 Å². The molecule has 0 saturated heterocycles. The van der Waals surface area contributed by atoms with E-state index in [1.807, 2.05) is 19.1 Å². The Morgan fingerprint density at radius 1 is 1.63 bits per heavy atom. The van der Waals surface area contributed by atoms with Crippen LogP contribution in [-0.2, 0) is 11.2 Å². The number of nitrogens with two attached hydrogens (primary N) is 1. The third-order valence-corrected chi connectivity index (χ3v) is 4.29. The van der Waals surface area contributed by atoms with Crippen molar-refractivity contribution in [3.8, 4) is 0 Å². The molecule has 4 nitrogen and oxygen atoms in total. The van der Waals surface area contributed by atoms with E-state index in [0.717, 1.165) is 37.9 Å². The summed E-state index contributed by atoms with van der Waals surface area (Å²) in [5.74, 6) is 0.923. The highest BCUT2D eigenvalue weighted by Gasteiger charge is 2.47. The fourth-order valence-corrected chi connectivity index (χ4v) is 2.66. The largest absolute Gasteiger partial charge is 0.469 e. The number of rotatable bonds is 6. The highest BCUT2D eigenvalue weighted by Crippen LogP contribution is 2.41. The normalized spacial score (nSPS) is 18.4. The van der Waals surface area contributed by atoms with E-state index in [-0.39, 0.29) is 11.9 Å². The van der Waals surface area contributed by atoms with Crippen molar-refractivity contribution in [2.75, 3.05) is 0 Å². The Balaban J connectivity index is 1.83. The fraction of sp³-hybridized carbons (Fsp3) is 0.571. The first-order valence-corrected chi connectivity index (χ1v) is 7.09. The number of amides is 1. The van der Waals surface area contributed by atoms with Crippen LogP contribution in [0.1, 0.15) is 38.4 Å². The topological polar surface area (TPSA) is 68.3 Å². The number of thiocarbonyl (C=S) groups is 1. The van der Waals surface area contributed by atoms with E-state index in [2.05, 4.69) is 5.32 Å². The van der Waals surface area contributed by atoms with Crippen molar-refractivity contribution in [2.45, 2.75) is 45.1 Å². The van der Waals surface area contributed by atoms with Gasteiger partial charge in [0.1, 0.15) is 5.76 Å². The zero-order valence-electron chi connectivity index (χ0n) is 11.1. The molecule has 0 bridgehead atoms. The number of carbonyl (C=O) groups is 1. The average Bonchev–Trinajstić information content (AvgIpc) is 2.76. The van der Waals surface area contributed by atoms with Crippen molar-refractivity contribution in [3.63, 3.8) is 0 Å². The number of aryl methyl sites for hydroxylation is 1. The molecule has 3 N–H and O–H groups in total.